The van der Waals surface area contributed by atoms with E-state index in [0.29, 0.717) is 37.5 Å². The number of hydrogen-bond donors (Lipinski definition) is 1. The van der Waals surface area contributed by atoms with Gasteiger partial charge in [0.1, 0.15) is 17.5 Å². The number of rotatable bonds is 8. The molecule has 32 heavy (non-hydrogen) atoms. The van der Waals surface area contributed by atoms with E-state index in [2.05, 4.69) is 4.98 Å². The lowest BCUT2D eigenvalue weighted by molar-refractivity contribution is 0.0537. The van der Waals surface area contributed by atoms with Gasteiger partial charge in [-0.2, -0.15) is 4.31 Å². The highest BCUT2D eigenvalue weighted by Gasteiger charge is 2.27. The molecule has 2 aromatic rings. The van der Waals surface area contributed by atoms with E-state index in [1.54, 1.807) is 36.9 Å². The summed E-state index contributed by atoms with van der Waals surface area (Å²) in [6.45, 7) is 5.30. The average molecular weight is 461 g/mol. The summed E-state index contributed by atoms with van der Waals surface area (Å²) in [5.74, 6) is -0.348. The Bertz CT molecular complexity index is 1070. The number of likely N-dealkylation sites (tertiary alicyclic amines) is 1. The fraction of sp³-hybridized carbons (Fsp3) is 0.409. The van der Waals surface area contributed by atoms with E-state index >= 15 is 0 Å². The molecule has 0 aliphatic carbocycles. The summed E-state index contributed by atoms with van der Waals surface area (Å²) in [4.78, 5) is 30.1. The van der Waals surface area contributed by atoms with Crippen molar-refractivity contribution in [2.24, 2.45) is 5.73 Å². The molecule has 172 valence electrons. The Kier molecular flexibility index (Phi) is 7.47. The molecular weight excluding hydrogens is 432 g/mol. The molecule has 0 saturated carbocycles. The Morgan fingerprint density at radius 1 is 1.19 bits per heavy atom. The molecule has 1 aromatic carbocycles. The van der Waals surface area contributed by atoms with Crippen LogP contribution in [0, 0.1) is 0 Å². The molecule has 1 atom stereocenters. The number of carbonyl (C=O) groups is 2. The average Bonchev–Trinajstić information content (AvgIpc) is 2.79. The number of pyridine rings is 1. The second-order valence-electron chi connectivity index (χ2n) is 7.49. The Balaban J connectivity index is 1.68. The van der Waals surface area contributed by atoms with E-state index in [4.69, 9.17) is 10.5 Å². The minimum Gasteiger partial charge on any atom is -0.488 e. The first-order valence-corrected chi connectivity index (χ1v) is 12.0. The van der Waals surface area contributed by atoms with Crippen LogP contribution in [0.25, 0.3) is 0 Å². The zero-order valence-electron chi connectivity index (χ0n) is 18.2. The summed E-state index contributed by atoms with van der Waals surface area (Å²) < 4.78 is 32.6. The second-order valence-corrected chi connectivity index (χ2v) is 9.43. The first-order valence-electron chi connectivity index (χ1n) is 10.6. The third-order valence-corrected chi connectivity index (χ3v) is 7.46. The molecule has 10 heteroatoms. The fourth-order valence-corrected chi connectivity index (χ4v) is 5.15. The molecule has 2 N–H and O–H groups in total. The Hall–Kier alpha value is -2.98. The molecule has 0 radical (unpaired) electrons. The molecule has 0 spiro atoms. The highest BCUT2D eigenvalue weighted by molar-refractivity contribution is 7.89. The Morgan fingerprint density at radius 2 is 1.88 bits per heavy atom. The molecular formula is C22H28N4O5S. The zero-order chi connectivity index (χ0) is 23.3. The minimum absolute atomic E-state index is 0.117. The summed E-state index contributed by atoms with van der Waals surface area (Å²) in [7, 11) is -3.57. The van der Waals surface area contributed by atoms with Crippen LogP contribution in [-0.2, 0) is 10.0 Å². The maximum atomic E-state index is 13.0. The number of carbonyl (C=O) groups excluding carboxylic acids is 2. The topological polar surface area (TPSA) is 123 Å². The Labute approximate surface area is 188 Å². The highest BCUT2D eigenvalue weighted by Crippen LogP contribution is 2.21. The monoisotopic (exact) mass is 460 g/mol. The van der Waals surface area contributed by atoms with Crippen LogP contribution in [0.15, 0.2) is 47.5 Å². The quantitative estimate of drug-likeness (QED) is 0.642. The van der Waals surface area contributed by atoms with Gasteiger partial charge in [0.15, 0.2) is 0 Å². The molecule has 1 unspecified atom stereocenters. The number of nitrogens with two attached hydrogens (primary N) is 1. The summed E-state index contributed by atoms with van der Waals surface area (Å²) in [5.41, 5.74) is 5.80. The number of aromatic nitrogens is 1. The van der Waals surface area contributed by atoms with Crippen LogP contribution in [0.1, 0.15) is 47.5 Å². The van der Waals surface area contributed by atoms with Crippen LogP contribution in [0.3, 0.4) is 0 Å². The van der Waals surface area contributed by atoms with Crippen molar-refractivity contribution in [1.29, 1.82) is 0 Å². The van der Waals surface area contributed by atoms with Gasteiger partial charge in [-0.3, -0.25) is 14.6 Å². The number of ether oxygens (including phenoxy) is 1. The second kappa shape index (κ2) is 10.1. The molecule has 9 nitrogen and oxygen atoms in total. The van der Waals surface area contributed by atoms with E-state index in [9.17, 15) is 18.0 Å². The molecule has 3 rings (SSSR count). The predicted octanol–water partition coefficient (Wildman–Crippen LogP) is 1.89. The minimum atomic E-state index is -3.57. The zero-order valence-corrected chi connectivity index (χ0v) is 19.0. The Morgan fingerprint density at radius 3 is 2.50 bits per heavy atom. The van der Waals surface area contributed by atoms with Gasteiger partial charge >= 0.3 is 0 Å². The molecule has 1 saturated heterocycles. The molecule has 2 amide bonds. The van der Waals surface area contributed by atoms with E-state index in [1.165, 1.54) is 28.7 Å². The lowest BCUT2D eigenvalue weighted by Gasteiger charge is -2.33. The summed E-state index contributed by atoms with van der Waals surface area (Å²) >= 11 is 0. The van der Waals surface area contributed by atoms with Crippen molar-refractivity contribution < 1.29 is 22.7 Å². The number of piperidine rings is 1. The first kappa shape index (κ1) is 23.7. The van der Waals surface area contributed by atoms with Crippen LogP contribution < -0.4 is 10.5 Å². The number of amides is 2. The lowest BCUT2D eigenvalue weighted by Crippen LogP contribution is -2.44. The number of nitrogens with zero attached hydrogens (tertiary/aromatic N) is 3. The SMILES string of the molecule is CCN(CC)S(=O)(=O)c1ccc(C(=O)N2CCCC(Oc3ccnc(C(N)=O)c3)C2)cc1. The third kappa shape index (κ3) is 5.25. The first-order chi connectivity index (χ1) is 15.3. The number of sulfonamides is 1. The number of primary amides is 1. The van der Waals surface area contributed by atoms with Crippen molar-refractivity contribution in [2.75, 3.05) is 26.2 Å². The number of benzene rings is 1. The fourth-order valence-electron chi connectivity index (χ4n) is 3.70. The van der Waals surface area contributed by atoms with Crippen molar-refractivity contribution >= 4 is 21.8 Å². The van der Waals surface area contributed by atoms with Crippen molar-refractivity contribution in [3.05, 3.63) is 53.9 Å². The van der Waals surface area contributed by atoms with Crippen LogP contribution >= 0.6 is 0 Å². The van der Waals surface area contributed by atoms with E-state index in [0.717, 1.165) is 12.8 Å². The van der Waals surface area contributed by atoms with Crippen LogP contribution in [-0.4, -0.2) is 66.7 Å². The van der Waals surface area contributed by atoms with Crippen molar-refractivity contribution in [3.8, 4) is 5.75 Å². The van der Waals surface area contributed by atoms with Crippen LogP contribution in [0.2, 0.25) is 0 Å². The third-order valence-electron chi connectivity index (χ3n) is 5.40. The van der Waals surface area contributed by atoms with Crippen LogP contribution in [0.5, 0.6) is 5.75 Å². The van der Waals surface area contributed by atoms with Gasteiger partial charge in [0.25, 0.3) is 11.8 Å². The molecule has 1 aliphatic rings. The van der Waals surface area contributed by atoms with E-state index in [1.807, 2.05) is 0 Å². The van der Waals surface area contributed by atoms with Gasteiger partial charge in [-0.1, -0.05) is 13.8 Å². The van der Waals surface area contributed by atoms with Gasteiger partial charge < -0.3 is 15.4 Å². The highest BCUT2D eigenvalue weighted by atomic mass is 32.2. The standard InChI is InChI=1S/C22H28N4O5S/c1-3-26(4-2)32(29,30)19-9-7-16(8-10-19)22(28)25-13-5-6-18(15-25)31-17-11-12-24-20(14-17)21(23)27/h7-12,14,18H,3-6,13,15H2,1-2H3,(H2,23,27). The van der Waals surface area contributed by atoms with Gasteiger partial charge in [-0.15, -0.1) is 0 Å². The molecule has 0 bridgehead atoms. The van der Waals surface area contributed by atoms with Crippen LogP contribution in [0.4, 0.5) is 0 Å². The van der Waals surface area contributed by atoms with Crippen molar-refractivity contribution in [3.63, 3.8) is 0 Å². The van der Waals surface area contributed by atoms with Gasteiger partial charge in [-0.25, -0.2) is 8.42 Å². The predicted molar refractivity (Wildman–Crippen MR) is 119 cm³/mol. The van der Waals surface area contributed by atoms with E-state index < -0.39 is 15.9 Å². The van der Waals surface area contributed by atoms with Crippen molar-refractivity contribution in [1.82, 2.24) is 14.2 Å². The smallest absolute Gasteiger partial charge is 0.267 e. The summed E-state index contributed by atoms with van der Waals surface area (Å²) in [6.07, 6.45) is 2.74. The molecule has 1 aliphatic heterocycles. The molecule has 1 fully saturated rings. The molecule has 2 heterocycles. The van der Waals surface area contributed by atoms with Gasteiger partial charge in [0.2, 0.25) is 10.0 Å². The maximum absolute atomic E-state index is 13.0. The lowest BCUT2D eigenvalue weighted by atomic mass is 10.1. The normalized spacial score (nSPS) is 16.7. The maximum Gasteiger partial charge on any atom is 0.267 e. The molecule has 1 aromatic heterocycles. The largest absolute Gasteiger partial charge is 0.488 e. The van der Waals surface area contributed by atoms with Crippen molar-refractivity contribution in [2.45, 2.75) is 37.7 Å². The van der Waals surface area contributed by atoms with Gasteiger partial charge in [-0.05, 0) is 43.2 Å². The summed E-state index contributed by atoms with van der Waals surface area (Å²) in [5, 5.41) is 0. The summed E-state index contributed by atoms with van der Waals surface area (Å²) in [6, 6.07) is 9.17. The van der Waals surface area contributed by atoms with E-state index in [-0.39, 0.29) is 22.6 Å². The van der Waals surface area contributed by atoms with Gasteiger partial charge in [0.05, 0.1) is 11.4 Å². The van der Waals surface area contributed by atoms with Gasteiger partial charge in [0, 0.05) is 37.5 Å². The number of hydrogen-bond acceptors (Lipinski definition) is 6.